The molecule has 102 valence electrons. The van der Waals surface area contributed by atoms with Crippen molar-refractivity contribution >= 4 is 6.03 Å². The van der Waals surface area contributed by atoms with Crippen molar-refractivity contribution in [2.75, 3.05) is 7.05 Å². The van der Waals surface area contributed by atoms with Gasteiger partial charge in [-0.1, -0.05) is 29.8 Å². The van der Waals surface area contributed by atoms with Crippen molar-refractivity contribution in [2.24, 2.45) is 5.92 Å². The molecule has 3 heteroatoms. The molecule has 0 spiro atoms. The predicted molar refractivity (Wildman–Crippen MR) is 76.0 cm³/mol. The number of hydrogen-bond donors (Lipinski definition) is 1. The van der Waals surface area contributed by atoms with Gasteiger partial charge in [0, 0.05) is 13.1 Å². The lowest BCUT2D eigenvalue weighted by molar-refractivity contribution is 0.201. The van der Waals surface area contributed by atoms with Gasteiger partial charge < -0.3 is 10.2 Å². The molecule has 0 unspecified atom stereocenters. The number of nitrogens with zero attached hydrogens (tertiary/aromatic N) is 1. The van der Waals surface area contributed by atoms with Crippen LogP contribution in [0.2, 0.25) is 0 Å². The number of rotatable bonds is 4. The number of hydrogen-bond acceptors (Lipinski definition) is 1. The Morgan fingerprint density at radius 3 is 2.37 bits per heavy atom. The molecule has 2 saturated carbocycles. The second-order valence-electron chi connectivity index (χ2n) is 6.02. The van der Waals surface area contributed by atoms with Gasteiger partial charge in [-0.2, -0.15) is 0 Å². The van der Waals surface area contributed by atoms with Crippen molar-refractivity contribution in [2.45, 2.75) is 44.7 Å². The van der Waals surface area contributed by atoms with Crippen LogP contribution in [0.4, 0.5) is 4.79 Å². The number of carbonyl (C=O) groups excluding carboxylic acids is 1. The van der Waals surface area contributed by atoms with Crippen LogP contribution >= 0.6 is 0 Å². The monoisotopic (exact) mass is 258 g/mol. The van der Waals surface area contributed by atoms with E-state index in [2.05, 4.69) is 36.5 Å². The van der Waals surface area contributed by atoms with Crippen molar-refractivity contribution in [1.82, 2.24) is 10.2 Å². The number of benzene rings is 1. The van der Waals surface area contributed by atoms with E-state index in [1.54, 1.807) is 0 Å². The number of amides is 2. The molecule has 3 rings (SSSR count). The zero-order valence-corrected chi connectivity index (χ0v) is 11.7. The minimum Gasteiger partial charge on any atom is -0.331 e. The van der Waals surface area contributed by atoms with E-state index in [9.17, 15) is 4.79 Å². The van der Waals surface area contributed by atoms with Gasteiger partial charge in [0.2, 0.25) is 0 Å². The molecule has 1 N–H and O–H groups in total. The zero-order chi connectivity index (χ0) is 13.4. The van der Waals surface area contributed by atoms with Crippen molar-refractivity contribution in [3.63, 3.8) is 0 Å². The molecular weight excluding hydrogens is 236 g/mol. The average Bonchev–Trinajstić information content (AvgIpc) is 3.29. The van der Waals surface area contributed by atoms with Gasteiger partial charge >= 0.3 is 6.03 Å². The highest BCUT2D eigenvalue weighted by Crippen LogP contribution is 2.41. The highest BCUT2D eigenvalue weighted by molar-refractivity contribution is 5.75. The quantitative estimate of drug-likeness (QED) is 0.883. The molecule has 2 aliphatic carbocycles. The lowest BCUT2D eigenvalue weighted by Gasteiger charge is -2.24. The van der Waals surface area contributed by atoms with E-state index in [-0.39, 0.29) is 12.1 Å². The summed E-state index contributed by atoms with van der Waals surface area (Å²) in [7, 11) is 1.91. The van der Waals surface area contributed by atoms with Crippen LogP contribution in [0.1, 0.15) is 42.9 Å². The molecule has 3 nitrogen and oxygen atoms in total. The summed E-state index contributed by atoms with van der Waals surface area (Å²) in [6.45, 7) is 2.09. The normalized spacial score (nSPS) is 19.9. The molecule has 19 heavy (non-hydrogen) atoms. The van der Waals surface area contributed by atoms with Gasteiger partial charge in [0.15, 0.2) is 0 Å². The van der Waals surface area contributed by atoms with E-state index < -0.39 is 0 Å². The Morgan fingerprint density at radius 1 is 1.21 bits per heavy atom. The van der Waals surface area contributed by atoms with E-state index in [0.29, 0.717) is 12.0 Å². The summed E-state index contributed by atoms with van der Waals surface area (Å²) >= 11 is 0. The topological polar surface area (TPSA) is 32.3 Å². The molecule has 2 aliphatic rings. The van der Waals surface area contributed by atoms with E-state index in [0.717, 1.165) is 12.8 Å². The molecule has 0 bridgehead atoms. The van der Waals surface area contributed by atoms with E-state index in [4.69, 9.17) is 0 Å². The summed E-state index contributed by atoms with van der Waals surface area (Å²) in [6.07, 6.45) is 4.77. The predicted octanol–water partition coefficient (Wildman–Crippen LogP) is 3.25. The molecule has 0 saturated heterocycles. The Labute approximate surface area is 115 Å². The number of nitrogens with one attached hydrogen (secondary N) is 1. The average molecular weight is 258 g/mol. The number of carbonyl (C=O) groups is 1. The standard InChI is InChI=1S/C16H22N2O/c1-11-3-5-12(6-4-11)15(13-7-8-13)17-16(19)18(2)14-9-10-14/h3-6,13-15H,7-10H2,1-2H3,(H,17,19)/t15-/m1/s1. The van der Waals surface area contributed by atoms with Crippen molar-refractivity contribution in [3.05, 3.63) is 35.4 Å². The van der Waals surface area contributed by atoms with Gasteiger partial charge in [-0.25, -0.2) is 4.79 Å². The molecule has 1 aromatic carbocycles. The van der Waals surface area contributed by atoms with Gasteiger partial charge in [0.05, 0.1) is 6.04 Å². The van der Waals surface area contributed by atoms with Crippen LogP contribution in [-0.2, 0) is 0 Å². The van der Waals surface area contributed by atoms with Crippen LogP contribution in [0, 0.1) is 12.8 Å². The van der Waals surface area contributed by atoms with Crippen LogP contribution in [0.15, 0.2) is 24.3 Å². The lowest BCUT2D eigenvalue weighted by Crippen LogP contribution is -2.41. The van der Waals surface area contributed by atoms with E-state index in [1.165, 1.54) is 24.0 Å². The van der Waals surface area contributed by atoms with E-state index in [1.807, 2.05) is 11.9 Å². The Hall–Kier alpha value is -1.51. The molecule has 2 amide bonds. The third-order valence-corrected chi connectivity index (χ3v) is 4.22. The first-order valence-corrected chi connectivity index (χ1v) is 7.25. The minimum atomic E-state index is 0.0833. The summed E-state index contributed by atoms with van der Waals surface area (Å²) in [5.74, 6) is 0.624. The largest absolute Gasteiger partial charge is 0.331 e. The molecule has 0 radical (unpaired) electrons. The van der Waals surface area contributed by atoms with Gasteiger partial charge in [-0.3, -0.25) is 0 Å². The SMILES string of the molecule is Cc1ccc([C@@H](NC(=O)N(C)C2CC2)C2CC2)cc1. The van der Waals surface area contributed by atoms with Gasteiger partial charge in [0.25, 0.3) is 0 Å². The number of aryl methyl sites for hydroxylation is 1. The fourth-order valence-electron chi connectivity index (χ4n) is 2.54. The lowest BCUT2D eigenvalue weighted by atomic mass is 10.0. The van der Waals surface area contributed by atoms with Crippen LogP contribution in [0.25, 0.3) is 0 Å². The second kappa shape index (κ2) is 4.87. The Kier molecular flexibility index (Phi) is 3.21. The van der Waals surface area contributed by atoms with Gasteiger partial charge in [-0.15, -0.1) is 0 Å². The van der Waals surface area contributed by atoms with Crippen molar-refractivity contribution in [3.8, 4) is 0 Å². The smallest absolute Gasteiger partial charge is 0.317 e. The maximum Gasteiger partial charge on any atom is 0.317 e. The van der Waals surface area contributed by atoms with Crippen molar-refractivity contribution < 1.29 is 4.79 Å². The Morgan fingerprint density at radius 2 is 1.84 bits per heavy atom. The first-order valence-electron chi connectivity index (χ1n) is 7.25. The fraction of sp³-hybridized carbons (Fsp3) is 0.562. The fourth-order valence-corrected chi connectivity index (χ4v) is 2.54. The molecule has 2 fully saturated rings. The highest BCUT2D eigenvalue weighted by Gasteiger charge is 2.36. The molecule has 1 aromatic rings. The summed E-state index contributed by atoms with van der Waals surface area (Å²) < 4.78 is 0. The summed E-state index contributed by atoms with van der Waals surface area (Å²) in [6, 6.07) is 9.29. The third-order valence-electron chi connectivity index (χ3n) is 4.22. The van der Waals surface area contributed by atoms with Gasteiger partial charge in [-0.05, 0) is 44.1 Å². The maximum atomic E-state index is 12.2. The summed E-state index contributed by atoms with van der Waals surface area (Å²) in [5.41, 5.74) is 2.50. The van der Waals surface area contributed by atoms with Crippen LogP contribution in [-0.4, -0.2) is 24.0 Å². The Bertz CT molecular complexity index is 460. The molecule has 0 aromatic heterocycles. The summed E-state index contributed by atoms with van der Waals surface area (Å²) in [5, 5.41) is 3.22. The maximum absolute atomic E-state index is 12.2. The molecular formula is C16H22N2O. The van der Waals surface area contributed by atoms with Crippen LogP contribution in [0.3, 0.4) is 0 Å². The minimum absolute atomic E-state index is 0.0833. The van der Waals surface area contributed by atoms with E-state index >= 15 is 0 Å². The Balaban J connectivity index is 1.70. The molecule has 0 aliphatic heterocycles. The molecule has 1 atom stereocenters. The van der Waals surface area contributed by atoms with Crippen LogP contribution in [0.5, 0.6) is 0 Å². The first kappa shape index (κ1) is 12.5. The molecule has 0 heterocycles. The van der Waals surface area contributed by atoms with Crippen molar-refractivity contribution in [1.29, 1.82) is 0 Å². The van der Waals surface area contributed by atoms with Crippen LogP contribution < -0.4 is 5.32 Å². The zero-order valence-electron chi connectivity index (χ0n) is 11.7. The third kappa shape index (κ3) is 2.91. The van der Waals surface area contributed by atoms with Gasteiger partial charge in [0.1, 0.15) is 0 Å². The second-order valence-corrected chi connectivity index (χ2v) is 6.02. The highest BCUT2D eigenvalue weighted by atomic mass is 16.2. The summed E-state index contributed by atoms with van der Waals surface area (Å²) in [4.78, 5) is 14.1. The first-order chi connectivity index (χ1) is 9.15. The number of urea groups is 1.